The molecule has 0 aliphatic heterocycles. The van der Waals surface area contributed by atoms with Crippen LogP contribution in [0.2, 0.25) is 0 Å². The van der Waals surface area contributed by atoms with Gasteiger partial charge in [-0.1, -0.05) is 20.8 Å². The Morgan fingerprint density at radius 2 is 1.69 bits per heavy atom. The van der Waals surface area contributed by atoms with Gasteiger partial charge in [0.05, 0.1) is 0 Å². The molecule has 0 heterocycles. The molecule has 4 heteroatoms. The molecule has 2 bridgehead atoms. The van der Waals surface area contributed by atoms with E-state index in [-0.39, 0.29) is 11.7 Å². The third-order valence-electron chi connectivity index (χ3n) is 5.16. The predicted octanol–water partition coefficient (Wildman–Crippen LogP) is 0.697. The molecule has 2 fully saturated rings. The molecule has 2 rings (SSSR count). The van der Waals surface area contributed by atoms with Gasteiger partial charge in [-0.2, -0.15) is 0 Å². The van der Waals surface area contributed by atoms with Crippen molar-refractivity contribution in [2.75, 3.05) is 7.05 Å². The van der Waals surface area contributed by atoms with Gasteiger partial charge in [0.2, 0.25) is 17.5 Å². The lowest BCUT2D eigenvalue weighted by atomic mass is 9.64. The summed E-state index contributed by atoms with van der Waals surface area (Å²) in [6, 6.07) is 0. The minimum atomic E-state index is -1.13. The fraction of sp³-hybridized carbons (Fsp3) is 0.750. The maximum absolute atomic E-state index is 12.1. The number of rotatable bonds is 1. The minimum absolute atomic E-state index is 0.308. The number of nitrogens with one attached hydrogen (secondary N) is 1. The van der Waals surface area contributed by atoms with Gasteiger partial charge < -0.3 is 5.32 Å². The van der Waals surface area contributed by atoms with E-state index in [0.29, 0.717) is 12.8 Å². The number of hydrogen-bond acceptors (Lipinski definition) is 3. The van der Waals surface area contributed by atoms with Crippen molar-refractivity contribution in [2.45, 2.75) is 33.6 Å². The normalized spacial score (nSPS) is 40.2. The van der Waals surface area contributed by atoms with Crippen LogP contribution in [-0.2, 0) is 14.4 Å². The summed E-state index contributed by atoms with van der Waals surface area (Å²) >= 11 is 0. The lowest BCUT2D eigenvalue weighted by Gasteiger charge is -2.36. The molecular weight excluding hydrogens is 206 g/mol. The van der Waals surface area contributed by atoms with Crippen LogP contribution in [0.1, 0.15) is 33.6 Å². The monoisotopic (exact) mass is 223 g/mol. The first-order chi connectivity index (χ1) is 7.25. The summed E-state index contributed by atoms with van der Waals surface area (Å²) in [7, 11) is 1.51. The molecule has 0 saturated heterocycles. The average Bonchev–Trinajstić information content (AvgIpc) is 2.51. The third-order valence-corrected chi connectivity index (χ3v) is 5.16. The van der Waals surface area contributed by atoms with E-state index >= 15 is 0 Å². The van der Waals surface area contributed by atoms with Crippen molar-refractivity contribution >= 4 is 17.5 Å². The van der Waals surface area contributed by atoms with Gasteiger partial charge in [-0.05, 0) is 18.3 Å². The highest BCUT2D eigenvalue weighted by atomic mass is 16.2. The van der Waals surface area contributed by atoms with E-state index in [1.54, 1.807) is 0 Å². The van der Waals surface area contributed by atoms with E-state index in [2.05, 4.69) is 5.32 Å². The minimum Gasteiger partial charge on any atom is -0.358 e. The number of fused-ring (bicyclic) bond motifs is 2. The van der Waals surface area contributed by atoms with Crippen LogP contribution in [0.15, 0.2) is 0 Å². The van der Waals surface area contributed by atoms with Gasteiger partial charge in [0.15, 0.2) is 0 Å². The van der Waals surface area contributed by atoms with Gasteiger partial charge in [0.25, 0.3) is 0 Å². The summed E-state index contributed by atoms with van der Waals surface area (Å²) in [5.41, 5.74) is -2.39. The number of Topliss-reactive ketones (excluding diaryl/α,β-unsaturated/α-hetero) is 2. The zero-order valence-corrected chi connectivity index (χ0v) is 10.1. The summed E-state index contributed by atoms with van der Waals surface area (Å²) in [6.45, 7) is 5.53. The van der Waals surface area contributed by atoms with Gasteiger partial charge in [-0.3, -0.25) is 14.4 Å². The van der Waals surface area contributed by atoms with Crippen LogP contribution in [0.3, 0.4) is 0 Å². The lowest BCUT2D eigenvalue weighted by Crippen LogP contribution is -2.49. The van der Waals surface area contributed by atoms with Crippen molar-refractivity contribution < 1.29 is 14.4 Å². The molecular formula is C12H17NO3. The van der Waals surface area contributed by atoms with Crippen molar-refractivity contribution in [2.24, 2.45) is 16.2 Å². The predicted molar refractivity (Wildman–Crippen MR) is 57.6 cm³/mol. The van der Waals surface area contributed by atoms with Crippen LogP contribution in [0.25, 0.3) is 0 Å². The third kappa shape index (κ3) is 0.782. The molecule has 0 spiro atoms. The Balaban J connectivity index is 2.68. The topological polar surface area (TPSA) is 63.2 Å². The second-order valence-corrected chi connectivity index (χ2v) is 5.60. The van der Waals surface area contributed by atoms with Gasteiger partial charge in [-0.15, -0.1) is 0 Å². The molecule has 1 N–H and O–H groups in total. The summed E-state index contributed by atoms with van der Waals surface area (Å²) < 4.78 is 0. The van der Waals surface area contributed by atoms with Gasteiger partial charge in [0, 0.05) is 12.5 Å². The Bertz CT molecular complexity index is 412. The summed E-state index contributed by atoms with van der Waals surface area (Å²) in [4.78, 5) is 36.1. The molecule has 0 radical (unpaired) electrons. The molecule has 0 aromatic rings. The van der Waals surface area contributed by atoms with Crippen molar-refractivity contribution in [3.8, 4) is 0 Å². The molecule has 16 heavy (non-hydrogen) atoms. The van der Waals surface area contributed by atoms with Crippen LogP contribution in [-0.4, -0.2) is 24.5 Å². The van der Waals surface area contributed by atoms with Crippen LogP contribution < -0.4 is 5.32 Å². The Labute approximate surface area is 94.8 Å². The van der Waals surface area contributed by atoms with Crippen molar-refractivity contribution in [1.82, 2.24) is 5.32 Å². The zero-order chi connectivity index (χ0) is 12.4. The average molecular weight is 223 g/mol. The van der Waals surface area contributed by atoms with E-state index in [4.69, 9.17) is 0 Å². The van der Waals surface area contributed by atoms with Crippen molar-refractivity contribution in [3.05, 3.63) is 0 Å². The highest BCUT2D eigenvalue weighted by Crippen LogP contribution is 2.68. The highest BCUT2D eigenvalue weighted by molar-refractivity contribution is 6.48. The summed E-state index contributed by atoms with van der Waals surface area (Å²) in [5, 5.41) is 2.54. The van der Waals surface area contributed by atoms with Gasteiger partial charge in [-0.25, -0.2) is 0 Å². The molecule has 2 atom stereocenters. The first kappa shape index (κ1) is 11.3. The molecule has 0 aromatic heterocycles. The van der Waals surface area contributed by atoms with Crippen LogP contribution in [0, 0.1) is 16.2 Å². The Kier molecular flexibility index (Phi) is 1.93. The van der Waals surface area contributed by atoms with E-state index in [1.807, 2.05) is 20.8 Å². The number of ketones is 2. The van der Waals surface area contributed by atoms with E-state index < -0.39 is 22.0 Å². The molecule has 2 aliphatic carbocycles. The Hall–Kier alpha value is -1.19. The molecule has 4 nitrogen and oxygen atoms in total. The van der Waals surface area contributed by atoms with Gasteiger partial charge >= 0.3 is 0 Å². The second-order valence-electron chi connectivity index (χ2n) is 5.60. The number of carbonyl (C=O) groups excluding carboxylic acids is 3. The molecule has 0 unspecified atom stereocenters. The summed E-state index contributed by atoms with van der Waals surface area (Å²) in [5.74, 6) is -1.17. The van der Waals surface area contributed by atoms with E-state index in [0.717, 1.165) is 0 Å². The smallest absolute Gasteiger partial charge is 0.234 e. The molecule has 2 aliphatic rings. The first-order valence-electron chi connectivity index (χ1n) is 5.57. The Morgan fingerprint density at radius 1 is 1.12 bits per heavy atom. The second kappa shape index (κ2) is 2.73. The first-order valence-corrected chi connectivity index (χ1v) is 5.57. The van der Waals surface area contributed by atoms with Crippen LogP contribution in [0.4, 0.5) is 0 Å². The Morgan fingerprint density at radius 3 is 2.06 bits per heavy atom. The molecule has 0 aromatic carbocycles. The van der Waals surface area contributed by atoms with E-state index in [1.165, 1.54) is 7.05 Å². The van der Waals surface area contributed by atoms with Crippen LogP contribution in [0.5, 0.6) is 0 Å². The van der Waals surface area contributed by atoms with Crippen molar-refractivity contribution in [1.29, 1.82) is 0 Å². The number of hydrogen-bond donors (Lipinski definition) is 1. The van der Waals surface area contributed by atoms with Gasteiger partial charge in [0.1, 0.15) is 5.41 Å². The maximum Gasteiger partial charge on any atom is 0.234 e. The fourth-order valence-electron chi connectivity index (χ4n) is 3.49. The summed E-state index contributed by atoms with van der Waals surface area (Å²) in [6.07, 6.45) is 1.11. The molecule has 88 valence electrons. The largest absolute Gasteiger partial charge is 0.358 e. The molecule has 1 amide bonds. The van der Waals surface area contributed by atoms with E-state index in [9.17, 15) is 14.4 Å². The maximum atomic E-state index is 12.1. The SMILES string of the molecule is CNC(=O)[C@@]12CC[C@@](C)(C(=O)C1=O)C2(C)C. The quantitative estimate of drug-likeness (QED) is 0.525. The standard InChI is InChI=1S/C12H17NO3/c1-10(2)11(3)5-6-12(10,9(16)13-4)8(15)7(11)14/h5-6H2,1-4H3,(H,13,16)/t11-,12+/m0/s1. The number of amides is 1. The fourth-order valence-corrected chi connectivity index (χ4v) is 3.49. The zero-order valence-electron chi connectivity index (χ0n) is 10.1. The lowest BCUT2D eigenvalue weighted by molar-refractivity contribution is -0.149. The highest BCUT2D eigenvalue weighted by Gasteiger charge is 2.77. The molecule has 2 saturated carbocycles. The van der Waals surface area contributed by atoms with Crippen molar-refractivity contribution in [3.63, 3.8) is 0 Å². The number of carbonyl (C=O) groups is 3. The van der Waals surface area contributed by atoms with Crippen LogP contribution >= 0.6 is 0 Å².